The van der Waals surface area contributed by atoms with Crippen molar-refractivity contribution in [1.29, 1.82) is 0 Å². The van der Waals surface area contributed by atoms with Gasteiger partial charge in [0.25, 0.3) is 0 Å². The highest BCUT2D eigenvalue weighted by molar-refractivity contribution is 5.55. The number of benzene rings is 2. The predicted octanol–water partition coefficient (Wildman–Crippen LogP) is 4.79. The number of hydrogen-bond acceptors (Lipinski definition) is 3. The molecule has 112 valence electrons. The van der Waals surface area contributed by atoms with Gasteiger partial charge in [0.15, 0.2) is 0 Å². The van der Waals surface area contributed by atoms with Crippen molar-refractivity contribution in [3.05, 3.63) is 71.6 Å². The molecule has 0 atom stereocenters. The Kier molecular flexibility index (Phi) is 4.24. The minimum absolute atomic E-state index is 0.568. The largest absolute Gasteiger partial charge is 0.489 e. The molecule has 0 aliphatic heterocycles. The Morgan fingerprint density at radius 2 is 1.73 bits per heavy atom. The van der Waals surface area contributed by atoms with Gasteiger partial charge in [-0.3, -0.25) is 0 Å². The maximum Gasteiger partial charge on any atom is 0.226 e. The summed E-state index contributed by atoms with van der Waals surface area (Å²) in [7, 11) is 0. The number of ether oxygens (including phenoxy) is 1. The summed E-state index contributed by atoms with van der Waals surface area (Å²) in [6.45, 7) is 4.60. The number of aromatic nitrogens is 1. The van der Waals surface area contributed by atoms with Crippen LogP contribution >= 0.6 is 0 Å². The van der Waals surface area contributed by atoms with Gasteiger partial charge in [-0.15, -0.1) is 0 Å². The normalized spacial score (nSPS) is 10.6. The van der Waals surface area contributed by atoms with Crippen molar-refractivity contribution in [2.45, 2.75) is 26.9 Å². The van der Waals surface area contributed by atoms with Crippen LogP contribution in [0.4, 0.5) is 0 Å². The van der Waals surface area contributed by atoms with E-state index < -0.39 is 0 Å². The smallest absolute Gasteiger partial charge is 0.226 e. The number of aryl methyl sites for hydroxylation is 2. The van der Waals surface area contributed by atoms with Gasteiger partial charge in [-0.2, -0.15) is 0 Å². The Balaban J connectivity index is 1.69. The van der Waals surface area contributed by atoms with Gasteiger partial charge in [0.2, 0.25) is 5.89 Å². The number of nitrogens with zero attached hydrogens (tertiary/aromatic N) is 1. The van der Waals surface area contributed by atoms with E-state index in [1.807, 2.05) is 49.4 Å². The zero-order valence-electron chi connectivity index (χ0n) is 12.9. The molecule has 2 aromatic carbocycles. The fraction of sp³-hybridized carbons (Fsp3) is 0.211. The topological polar surface area (TPSA) is 35.3 Å². The molecule has 3 nitrogen and oxygen atoms in total. The van der Waals surface area contributed by atoms with Crippen LogP contribution in [-0.4, -0.2) is 4.98 Å². The van der Waals surface area contributed by atoms with E-state index in [9.17, 15) is 0 Å². The third-order valence-electron chi connectivity index (χ3n) is 3.58. The van der Waals surface area contributed by atoms with Gasteiger partial charge in [0, 0.05) is 5.56 Å². The van der Waals surface area contributed by atoms with E-state index in [0.717, 1.165) is 34.8 Å². The van der Waals surface area contributed by atoms with Crippen LogP contribution in [0.3, 0.4) is 0 Å². The average molecular weight is 293 g/mol. The summed E-state index contributed by atoms with van der Waals surface area (Å²) in [5.74, 6) is 2.40. The van der Waals surface area contributed by atoms with E-state index in [4.69, 9.17) is 9.15 Å². The monoisotopic (exact) mass is 293 g/mol. The number of rotatable bonds is 5. The van der Waals surface area contributed by atoms with Crippen LogP contribution in [0.2, 0.25) is 0 Å². The molecule has 1 heterocycles. The van der Waals surface area contributed by atoms with Gasteiger partial charge < -0.3 is 9.15 Å². The van der Waals surface area contributed by atoms with Crippen molar-refractivity contribution >= 4 is 0 Å². The van der Waals surface area contributed by atoms with Crippen molar-refractivity contribution in [2.75, 3.05) is 0 Å². The van der Waals surface area contributed by atoms with Crippen molar-refractivity contribution in [3.63, 3.8) is 0 Å². The Morgan fingerprint density at radius 3 is 2.36 bits per heavy atom. The number of oxazole rings is 1. The molecule has 3 heteroatoms. The second kappa shape index (κ2) is 6.48. The lowest BCUT2D eigenvalue weighted by atomic mass is 10.2. The first-order valence-corrected chi connectivity index (χ1v) is 7.49. The summed E-state index contributed by atoms with van der Waals surface area (Å²) >= 11 is 0. The lowest BCUT2D eigenvalue weighted by molar-refractivity contribution is 0.306. The van der Waals surface area contributed by atoms with Gasteiger partial charge in [-0.05, 0) is 43.2 Å². The summed E-state index contributed by atoms with van der Waals surface area (Å²) in [5, 5.41) is 0. The van der Waals surface area contributed by atoms with Crippen LogP contribution in [0.1, 0.15) is 23.9 Å². The Bertz CT molecular complexity index is 730. The molecule has 3 aromatic rings. The van der Waals surface area contributed by atoms with E-state index in [1.54, 1.807) is 0 Å². The highest BCUT2D eigenvalue weighted by Crippen LogP contribution is 2.24. The fourth-order valence-corrected chi connectivity index (χ4v) is 2.31. The lowest BCUT2D eigenvalue weighted by Gasteiger charge is -2.06. The summed E-state index contributed by atoms with van der Waals surface area (Å²) in [6.07, 6.45) is 0.883. The van der Waals surface area contributed by atoms with Crippen molar-refractivity contribution in [3.8, 4) is 17.2 Å². The van der Waals surface area contributed by atoms with E-state index in [-0.39, 0.29) is 0 Å². The minimum atomic E-state index is 0.568. The third-order valence-corrected chi connectivity index (χ3v) is 3.58. The lowest BCUT2D eigenvalue weighted by Crippen LogP contribution is -1.94. The molecule has 0 N–H and O–H groups in total. The molecule has 0 spiro atoms. The maximum atomic E-state index is 5.78. The zero-order valence-corrected chi connectivity index (χ0v) is 12.9. The highest BCUT2D eigenvalue weighted by atomic mass is 16.5. The van der Waals surface area contributed by atoms with Gasteiger partial charge in [0.1, 0.15) is 18.1 Å². The predicted molar refractivity (Wildman–Crippen MR) is 86.8 cm³/mol. The molecule has 0 amide bonds. The van der Waals surface area contributed by atoms with Crippen LogP contribution in [0.5, 0.6) is 5.75 Å². The first kappa shape index (κ1) is 14.4. The zero-order chi connectivity index (χ0) is 15.4. The second-order valence-corrected chi connectivity index (χ2v) is 5.17. The number of hydrogen-bond donors (Lipinski definition) is 0. The van der Waals surface area contributed by atoms with Crippen LogP contribution in [-0.2, 0) is 13.0 Å². The summed E-state index contributed by atoms with van der Waals surface area (Å²) in [4.78, 5) is 4.51. The van der Waals surface area contributed by atoms with Crippen LogP contribution in [0, 0.1) is 6.92 Å². The first-order valence-electron chi connectivity index (χ1n) is 7.49. The van der Waals surface area contributed by atoms with Crippen molar-refractivity contribution in [1.82, 2.24) is 4.98 Å². The molecular formula is C19H19NO2. The van der Waals surface area contributed by atoms with Gasteiger partial charge >= 0.3 is 0 Å². The van der Waals surface area contributed by atoms with Gasteiger partial charge in [0.05, 0.1) is 5.69 Å². The molecule has 0 fully saturated rings. The Hall–Kier alpha value is -2.55. The SMILES string of the molecule is CCc1nc(-c2ccc(OCc3ccccc3)cc2)oc1C. The molecule has 0 bridgehead atoms. The Morgan fingerprint density at radius 1 is 1.00 bits per heavy atom. The molecule has 0 aliphatic rings. The summed E-state index contributed by atoms with van der Waals surface area (Å²) in [5.41, 5.74) is 3.14. The standard InChI is InChI=1S/C19H19NO2/c1-3-18-14(2)22-19(20-18)16-9-11-17(12-10-16)21-13-15-7-5-4-6-8-15/h4-12H,3,13H2,1-2H3. The van der Waals surface area contributed by atoms with E-state index in [0.29, 0.717) is 12.5 Å². The highest BCUT2D eigenvalue weighted by Gasteiger charge is 2.09. The first-order chi connectivity index (χ1) is 10.8. The third kappa shape index (κ3) is 3.19. The van der Waals surface area contributed by atoms with E-state index in [1.165, 1.54) is 0 Å². The molecule has 0 saturated carbocycles. The fourth-order valence-electron chi connectivity index (χ4n) is 2.31. The van der Waals surface area contributed by atoms with Crippen LogP contribution in [0.25, 0.3) is 11.5 Å². The quantitative estimate of drug-likeness (QED) is 0.678. The summed E-state index contributed by atoms with van der Waals surface area (Å²) in [6, 6.07) is 18.0. The van der Waals surface area contributed by atoms with Crippen LogP contribution in [0.15, 0.2) is 59.0 Å². The molecule has 0 saturated heterocycles. The maximum absolute atomic E-state index is 5.78. The molecule has 3 rings (SSSR count). The molecule has 0 radical (unpaired) electrons. The molecular weight excluding hydrogens is 274 g/mol. The molecule has 22 heavy (non-hydrogen) atoms. The molecule has 0 aliphatic carbocycles. The average Bonchev–Trinajstić information content (AvgIpc) is 2.95. The summed E-state index contributed by atoms with van der Waals surface area (Å²) < 4.78 is 11.5. The molecule has 1 aromatic heterocycles. The van der Waals surface area contributed by atoms with Crippen molar-refractivity contribution < 1.29 is 9.15 Å². The Labute approximate surface area is 130 Å². The molecule has 0 unspecified atom stereocenters. The van der Waals surface area contributed by atoms with Crippen LogP contribution < -0.4 is 4.74 Å². The van der Waals surface area contributed by atoms with Gasteiger partial charge in [-0.25, -0.2) is 4.98 Å². The second-order valence-electron chi connectivity index (χ2n) is 5.17. The van der Waals surface area contributed by atoms with E-state index in [2.05, 4.69) is 24.0 Å². The van der Waals surface area contributed by atoms with E-state index >= 15 is 0 Å². The van der Waals surface area contributed by atoms with Crippen molar-refractivity contribution in [2.24, 2.45) is 0 Å². The van der Waals surface area contributed by atoms with Gasteiger partial charge in [-0.1, -0.05) is 37.3 Å². The minimum Gasteiger partial charge on any atom is -0.489 e.